The maximum absolute atomic E-state index is 12.2. The van der Waals surface area contributed by atoms with Gasteiger partial charge in [-0.2, -0.15) is 0 Å². The van der Waals surface area contributed by atoms with E-state index in [4.69, 9.17) is 5.73 Å². The summed E-state index contributed by atoms with van der Waals surface area (Å²) in [7, 11) is 0. The molecule has 1 amide bonds. The van der Waals surface area contributed by atoms with Crippen molar-refractivity contribution in [2.45, 2.75) is 12.5 Å². The van der Waals surface area contributed by atoms with E-state index in [9.17, 15) is 4.79 Å². The number of anilines is 1. The first-order chi connectivity index (χ1) is 10.2. The Labute approximate surface area is 121 Å². The highest BCUT2D eigenvalue weighted by Gasteiger charge is 2.16. The molecule has 0 bridgehead atoms. The van der Waals surface area contributed by atoms with Crippen LogP contribution in [0.4, 0.5) is 5.69 Å². The molecule has 6 nitrogen and oxygen atoms in total. The number of nitrogens with zero attached hydrogens (tertiary/aromatic N) is 2. The first kappa shape index (κ1) is 13.3. The summed E-state index contributed by atoms with van der Waals surface area (Å²) >= 11 is 0. The zero-order chi connectivity index (χ0) is 14.7. The number of nitrogens with two attached hydrogens (primary N) is 1. The van der Waals surface area contributed by atoms with Gasteiger partial charge in [0.05, 0.1) is 23.6 Å². The van der Waals surface area contributed by atoms with Crippen molar-refractivity contribution in [1.82, 2.24) is 15.0 Å². The van der Waals surface area contributed by atoms with E-state index in [1.54, 1.807) is 18.7 Å². The molecule has 3 aromatic rings. The predicted molar refractivity (Wildman–Crippen MR) is 80.6 cm³/mol. The molecule has 6 heteroatoms. The van der Waals surface area contributed by atoms with E-state index in [1.165, 1.54) is 0 Å². The molecule has 2 aromatic heterocycles. The lowest BCUT2D eigenvalue weighted by molar-refractivity contribution is -0.117. The average molecular weight is 281 g/mol. The zero-order valence-electron chi connectivity index (χ0n) is 11.3. The summed E-state index contributed by atoms with van der Waals surface area (Å²) in [5.74, 6) is -0.247. The SMILES string of the molecule is N[C@H](Cc1cnc[nH]1)C(=O)Nc1cccc2cccnc12. The molecule has 2 heterocycles. The minimum absolute atomic E-state index is 0.247. The summed E-state index contributed by atoms with van der Waals surface area (Å²) in [6.07, 6.45) is 5.33. The van der Waals surface area contributed by atoms with Gasteiger partial charge in [0, 0.05) is 29.9 Å². The number of fused-ring (bicyclic) bond motifs is 1. The van der Waals surface area contributed by atoms with Gasteiger partial charge < -0.3 is 16.0 Å². The van der Waals surface area contributed by atoms with Crippen molar-refractivity contribution in [1.29, 1.82) is 0 Å². The minimum Gasteiger partial charge on any atom is -0.348 e. The largest absolute Gasteiger partial charge is 0.348 e. The van der Waals surface area contributed by atoms with Crippen LogP contribution in [0.3, 0.4) is 0 Å². The van der Waals surface area contributed by atoms with Crippen LogP contribution in [-0.4, -0.2) is 26.9 Å². The van der Waals surface area contributed by atoms with Gasteiger partial charge in [-0.3, -0.25) is 9.78 Å². The number of amides is 1. The Morgan fingerprint density at radius 2 is 2.19 bits per heavy atom. The number of para-hydroxylation sites is 1. The second kappa shape index (κ2) is 5.72. The zero-order valence-corrected chi connectivity index (χ0v) is 11.3. The van der Waals surface area contributed by atoms with E-state index < -0.39 is 6.04 Å². The molecule has 0 spiro atoms. The van der Waals surface area contributed by atoms with Gasteiger partial charge >= 0.3 is 0 Å². The number of hydrogen-bond donors (Lipinski definition) is 3. The molecule has 0 saturated carbocycles. The monoisotopic (exact) mass is 281 g/mol. The Hall–Kier alpha value is -2.73. The number of aromatic amines is 1. The molecule has 0 fully saturated rings. The second-order valence-corrected chi connectivity index (χ2v) is 4.76. The number of carbonyl (C=O) groups excluding carboxylic acids is 1. The standard InChI is InChI=1S/C15H15N5O/c16-12(7-11-8-17-9-19-11)15(21)20-13-5-1-3-10-4-2-6-18-14(10)13/h1-6,8-9,12H,7,16H2,(H,17,19)(H,20,21)/t12-/m1/s1. The average Bonchev–Trinajstić information content (AvgIpc) is 3.00. The molecule has 106 valence electrons. The number of benzene rings is 1. The first-order valence-electron chi connectivity index (χ1n) is 6.61. The van der Waals surface area contributed by atoms with Crippen molar-refractivity contribution in [3.05, 3.63) is 54.7 Å². The van der Waals surface area contributed by atoms with Gasteiger partial charge in [-0.25, -0.2) is 4.98 Å². The van der Waals surface area contributed by atoms with Crippen LogP contribution in [0.15, 0.2) is 49.1 Å². The van der Waals surface area contributed by atoms with Crippen LogP contribution in [0.25, 0.3) is 10.9 Å². The van der Waals surface area contributed by atoms with Gasteiger partial charge in [0.15, 0.2) is 0 Å². The predicted octanol–water partition coefficient (Wildman–Crippen LogP) is 1.47. The van der Waals surface area contributed by atoms with Gasteiger partial charge in [0.2, 0.25) is 5.91 Å². The Kier molecular flexibility index (Phi) is 3.61. The summed E-state index contributed by atoms with van der Waals surface area (Å²) in [5.41, 5.74) is 8.16. The van der Waals surface area contributed by atoms with E-state index in [0.717, 1.165) is 16.6 Å². The first-order valence-corrected chi connectivity index (χ1v) is 6.61. The molecule has 4 N–H and O–H groups in total. The van der Waals surface area contributed by atoms with Gasteiger partial charge in [-0.15, -0.1) is 0 Å². The number of hydrogen-bond acceptors (Lipinski definition) is 4. The van der Waals surface area contributed by atoms with E-state index in [0.29, 0.717) is 12.1 Å². The van der Waals surface area contributed by atoms with Crippen LogP contribution < -0.4 is 11.1 Å². The summed E-state index contributed by atoms with van der Waals surface area (Å²) in [6.45, 7) is 0. The molecule has 0 saturated heterocycles. The summed E-state index contributed by atoms with van der Waals surface area (Å²) in [5, 5.41) is 3.81. The number of H-pyrrole nitrogens is 1. The number of pyridine rings is 1. The molecular weight excluding hydrogens is 266 g/mol. The third-order valence-corrected chi connectivity index (χ3v) is 3.22. The molecule has 1 aromatic carbocycles. The second-order valence-electron chi connectivity index (χ2n) is 4.76. The lowest BCUT2D eigenvalue weighted by Gasteiger charge is -2.12. The van der Waals surface area contributed by atoms with Crippen LogP contribution in [-0.2, 0) is 11.2 Å². The highest BCUT2D eigenvalue weighted by atomic mass is 16.2. The molecule has 0 aliphatic heterocycles. The maximum atomic E-state index is 12.2. The minimum atomic E-state index is -0.649. The van der Waals surface area contributed by atoms with Crippen LogP contribution in [0.2, 0.25) is 0 Å². The van der Waals surface area contributed by atoms with E-state index in [1.807, 2.05) is 30.3 Å². The number of imidazole rings is 1. The van der Waals surface area contributed by atoms with Crippen LogP contribution in [0, 0.1) is 0 Å². The maximum Gasteiger partial charge on any atom is 0.241 e. The molecular formula is C15H15N5O. The van der Waals surface area contributed by atoms with Crippen molar-refractivity contribution in [3.63, 3.8) is 0 Å². The fourth-order valence-electron chi connectivity index (χ4n) is 2.16. The normalized spacial score (nSPS) is 12.2. The number of aromatic nitrogens is 3. The van der Waals surface area contributed by atoms with E-state index >= 15 is 0 Å². The Bertz CT molecular complexity index is 748. The number of carbonyl (C=O) groups is 1. The third-order valence-electron chi connectivity index (χ3n) is 3.22. The van der Waals surface area contributed by atoms with Crippen molar-refractivity contribution in [3.8, 4) is 0 Å². The van der Waals surface area contributed by atoms with E-state index in [2.05, 4.69) is 20.3 Å². The lowest BCUT2D eigenvalue weighted by atomic mass is 10.1. The van der Waals surface area contributed by atoms with Gasteiger partial charge in [0.1, 0.15) is 0 Å². The quantitative estimate of drug-likeness (QED) is 0.674. The Morgan fingerprint density at radius 1 is 1.33 bits per heavy atom. The molecule has 0 aliphatic carbocycles. The van der Waals surface area contributed by atoms with Crippen LogP contribution in [0.1, 0.15) is 5.69 Å². The van der Waals surface area contributed by atoms with Gasteiger partial charge in [-0.05, 0) is 12.1 Å². The number of rotatable bonds is 4. The molecule has 3 rings (SSSR count). The molecule has 0 radical (unpaired) electrons. The smallest absolute Gasteiger partial charge is 0.241 e. The Morgan fingerprint density at radius 3 is 3.00 bits per heavy atom. The fraction of sp³-hybridized carbons (Fsp3) is 0.133. The molecule has 0 unspecified atom stereocenters. The van der Waals surface area contributed by atoms with E-state index in [-0.39, 0.29) is 5.91 Å². The van der Waals surface area contributed by atoms with Gasteiger partial charge in [-0.1, -0.05) is 18.2 Å². The van der Waals surface area contributed by atoms with Crippen LogP contribution >= 0.6 is 0 Å². The Balaban J connectivity index is 1.77. The molecule has 0 aliphatic rings. The van der Waals surface area contributed by atoms with Crippen LogP contribution in [0.5, 0.6) is 0 Å². The summed E-state index contributed by atoms with van der Waals surface area (Å²) in [6, 6.07) is 8.79. The van der Waals surface area contributed by atoms with Crippen molar-refractivity contribution >= 4 is 22.5 Å². The third kappa shape index (κ3) is 2.90. The number of nitrogens with one attached hydrogen (secondary N) is 2. The highest BCUT2D eigenvalue weighted by Crippen LogP contribution is 2.20. The summed E-state index contributed by atoms with van der Waals surface area (Å²) in [4.78, 5) is 23.3. The molecule has 1 atom stereocenters. The fourth-order valence-corrected chi connectivity index (χ4v) is 2.16. The van der Waals surface area contributed by atoms with Crippen molar-refractivity contribution in [2.24, 2.45) is 5.73 Å². The topological polar surface area (TPSA) is 96.7 Å². The van der Waals surface area contributed by atoms with Gasteiger partial charge in [0.25, 0.3) is 0 Å². The highest BCUT2D eigenvalue weighted by molar-refractivity contribution is 6.02. The van der Waals surface area contributed by atoms with Crippen molar-refractivity contribution in [2.75, 3.05) is 5.32 Å². The summed E-state index contributed by atoms with van der Waals surface area (Å²) < 4.78 is 0. The van der Waals surface area contributed by atoms with Crippen molar-refractivity contribution < 1.29 is 4.79 Å². The lowest BCUT2D eigenvalue weighted by Crippen LogP contribution is -2.37. The molecule has 21 heavy (non-hydrogen) atoms.